The largest absolute Gasteiger partial charge is 0.497 e. The number of amides is 2. The molecule has 0 atom stereocenters. The van der Waals surface area contributed by atoms with E-state index in [0.717, 1.165) is 39.0 Å². The predicted octanol–water partition coefficient (Wildman–Crippen LogP) is 2.10. The van der Waals surface area contributed by atoms with Crippen molar-refractivity contribution in [2.45, 2.75) is 26.7 Å². The van der Waals surface area contributed by atoms with Gasteiger partial charge in [0.05, 0.1) is 13.7 Å². The first-order chi connectivity index (χ1) is 12.6. The molecule has 1 heterocycles. The molecule has 1 saturated heterocycles. The Morgan fingerprint density at radius 1 is 1.08 bits per heavy atom. The molecule has 0 unspecified atom stereocenters. The second-order valence-electron chi connectivity index (χ2n) is 6.68. The predicted molar refractivity (Wildman–Crippen MR) is 102 cm³/mol. The first-order valence-electron chi connectivity index (χ1n) is 9.52. The van der Waals surface area contributed by atoms with Gasteiger partial charge in [-0.15, -0.1) is 0 Å². The van der Waals surface area contributed by atoms with Crippen LogP contribution in [0.25, 0.3) is 0 Å². The third-order valence-corrected chi connectivity index (χ3v) is 4.67. The molecule has 6 nitrogen and oxygen atoms in total. The van der Waals surface area contributed by atoms with E-state index < -0.39 is 0 Å². The zero-order valence-electron chi connectivity index (χ0n) is 16.2. The number of hydrogen-bond acceptors (Lipinski definition) is 4. The number of nitrogens with zero attached hydrogens (tertiary/aromatic N) is 3. The summed E-state index contributed by atoms with van der Waals surface area (Å²) in [5, 5.41) is 0. The van der Waals surface area contributed by atoms with Crippen molar-refractivity contribution in [1.82, 2.24) is 14.7 Å². The van der Waals surface area contributed by atoms with Gasteiger partial charge in [-0.1, -0.05) is 19.9 Å². The molecule has 26 heavy (non-hydrogen) atoms. The van der Waals surface area contributed by atoms with Crippen molar-refractivity contribution in [3.63, 3.8) is 0 Å². The third-order valence-electron chi connectivity index (χ3n) is 4.67. The molecular formula is C20H31N3O3. The Kier molecular flexibility index (Phi) is 7.91. The highest BCUT2D eigenvalue weighted by Crippen LogP contribution is 2.15. The fourth-order valence-electron chi connectivity index (χ4n) is 3.24. The van der Waals surface area contributed by atoms with Gasteiger partial charge in [0.15, 0.2) is 0 Å². The number of carbonyl (C=O) groups is 2. The van der Waals surface area contributed by atoms with Gasteiger partial charge in [0.25, 0.3) is 5.91 Å². The Hall–Kier alpha value is -2.08. The Labute approximate surface area is 156 Å². The number of benzene rings is 1. The van der Waals surface area contributed by atoms with Gasteiger partial charge >= 0.3 is 0 Å². The highest BCUT2D eigenvalue weighted by molar-refractivity contribution is 5.94. The SMILES string of the molecule is CCCN(CCC)C(=O)CN1CCN(C(=O)c2cccc(OC)c2)CC1. The van der Waals surface area contributed by atoms with Crippen molar-refractivity contribution in [2.24, 2.45) is 0 Å². The minimum atomic E-state index is 0.0217. The lowest BCUT2D eigenvalue weighted by Gasteiger charge is -2.35. The van der Waals surface area contributed by atoms with E-state index in [0.29, 0.717) is 30.9 Å². The molecule has 2 rings (SSSR count). The van der Waals surface area contributed by atoms with Crippen molar-refractivity contribution in [3.8, 4) is 5.75 Å². The van der Waals surface area contributed by atoms with Gasteiger partial charge in [-0.3, -0.25) is 14.5 Å². The normalized spacial score (nSPS) is 15.0. The van der Waals surface area contributed by atoms with E-state index in [9.17, 15) is 9.59 Å². The molecule has 2 amide bonds. The van der Waals surface area contributed by atoms with Gasteiger partial charge in [-0.25, -0.2) is 0 Å². The molecule has 1 aliphatic heterocycles. The maximum Gasteiger partial charge on any atom is 0.254 e. The van der Waals surface area contributed by atoms with Crippen molar-refractivity contribution >= 4 is 11.8 Å². The maximum atomic E-state index is 12.7. The van der Waals surface area contributed by atoms with Crippen LogP contribution in [-0.4, -0.2) is 79.4 Å². The molecule has 1 aromatic rings. The summed E-state index contributed by atoms with van der Waals surface area (Å²) in [6.45, 7) is 9.03. The highest BCUT2D eigenvalue weighted by atomic mass is 16.5. The van der Waals surface area contributed by atoms with Gasteiger partial charge in [0, 0.05) is 44.8 Å². The second-order valence-corrected chi connectivity index (χ2v) is 6.68. The van der Waals surface area contributed by atoms with E-state index in [1.54, 1.807) is 13.2 Å². The van der Waals surface area contributed by atoms with E-state index >= 15 is 0 Å². The van der Waals surface area contributed by atoms with Crippen LogP contribution in [0.4, 0.5) is 0 Å². The summed E-state index contributed by atoms with van der Waals surface area (Å²) in [6, 6.07) is 7.25. The van der Waals surface area contributed by atoms with Crippen molar-refractivity contribution in [3.05, 3.63) is 29.8 Å². The summed E-state index contributed by atoms with van der Waals surface area (Å²) in [7, 11) is 1.60. The van der Waals surface area contributed by atoms with Crippen molar-refractivity contribution in [2.75, 3.05) is 52.9 Å². The van der Waals surface area contributed by atoms with Crippen LogP contribution in [0.3, 0.4) is 0 Å². The van der Waals surface area contributed by atoms with E-state index in [1.807, 2.05) is 28.0 Å². The molecule has 0 aromatic heterocycles. The monoisotopic (exact) mass is 361 g/mol. The van der Waals surface area contributed by atoms with Crippen molar-refractivity contribution < 1.29 is 14.3 Å². The van der Waals surface area contributed by atoms with Gasteiger partial charge in [-0.2, -0.15) is 0 Å². The third kappa shape index (κ3) is 5.46. The molecule has 0 bridgehead atoms. The lowest BCUT2D eigenvalue weighted by atomic mass is 10.1. The average molecular weight is 361 g/mol. The summed E-state index contributed by atoms with van der Waals surface area (Å²) in [6.07, 6.45) is 1.96. The van der Waals surface area contributed by atoms with Crippen LogP contribution >= 0.6 is 0 Å². The topological polar surface area (TPSA) is 53.1 Å². The Balaban J connectivity index is 1.86. The molecule has 144 valence electrons. The molecule has 1 fully saturated rings. The fourth-order valence-corrected chi connectivity index (χ4v) is 3.24. The Bertz CT molecular complexity index is 592. The van der Waals surface area contributed by atoms with Crippen LogP contribution in [0, 0.1) is 0 Å². The van der Waals surface area contributed by atoms with E-state index in [2.05, 4.69) is 18.7 Å². The van der Waals surface area contributed by atoms with E-state index in [4.69, 9.17) is 4.74 Å². The zero-order chi connectivity index (χ0) is 18.9. The number of methoxy groups -OCH3 is 1. The van der Waals surface area contributed by atoms with Crippen LogP contribution in [0.15, 0.2) is 24.3 Å². The standard InChI is InChI=1S/C20H31N3O3/c1-4-9-22(10-5-2)19(24)16-21-11-13-23(14-12-21)20(25)17-7-6-8-18(15-17)26-3/h6-8,15H,4-5,9-14,16H2,1-3H3. The average Bonchev–Trinajstić information content (AvgIpc) is 2.68. The van der Waals surface area contributed by atoms with Gasteiger partial charge in [0.1, 0.15) is 5.75 Å². The summed E-state index contributed by atoms with van der Waals surface area (Å²) in [5.41, 5.74) is 0.644. The highest BCUT2D eigenvalue weighted by Gasteiger charge is 2.24. The summed E-state index contributed by atoms with van der Waals surface area (Å²) >= 11 is 0. The van der Waals surface area contributed by atoms with Crippen LogP contribution in [0.1, 0.15) is 37.0 Å². The fraction of sp³-hybridized carbons (Fsp3) is 0.600. The molecule has 0 saturated carbocycles. The summed E-state index contributed by atoms with van der Waals surface area (Å²) in [5.74, 6) is 0.904. The van der Waals surface area contributed by atoms with Gasteiger partial charge in [-0.05, 0) is 31.0 Å². The molecule has 0 radical (unpaired) electrons. The molecule has 0 aliphatic carbocycles. The summed E-state index contributed by atoms with van der Waals surface area (Å²) in [4.78, 5) is 31.1. The zero-order valence-corrected chi connectivity index (χ0v) is 16.2. The van der Waals surface area contributed by atoms with E-state index in [1.165, 1.54) is 0 Å². The Morgan fingerprint density at radius 2 is 1.73 bits per heavy atom. The molecule has 1 aliphatic rings. The first-order valence-corrected chi connectivity index (χ1v) is 9.52. The minimum absolute atomic E-state index is 0.0217. The quantitative estimate of drug-likeness (QED) is 0.712. The first kappa shape index (κ1) is 20.2. The van der Waals surface area contributed by atoms with Gasteiger partial charge < -0.3 is 14.5 Å². The van der Waals surface area contributed by atoms with Crippen molar-refractivity contribution in [1.29, 1.82) is 0 Å². The minimum Gasteiger partial charge on any atom is -0.497 e. The Morgan fingerprint density at radius 3 is 2.31 bits per heavy atom. The number of ether oxygens (including phenoxy) is 1. The molecule has 0 spiro atoms. The van der Waals surface area contributed by atoms with E-state index in [-0.39, 0.29) is 11.8 Å². The number of piperazine rings is 1. The van der Waals surface area contributed by atoms with Gasteiger partial charge in [0.2, 0.25) is 5.91 Å². The number of carbonyl (C=O) groups excluding carboxylic acids is 2. The van der Waals surface area contributed by atoms with Crippen LogP contribution in [0.2, 0.25) is 0 Å². The molecule has 6 heteroatoms. The smallest absolute Gasteiger partial charge is 0.254 e. The van der Waals surface area contributed by atoms with Crippen LogP contribution in [0.5, 0.6) is 5.75 Å². The number of rotatable bonds is 8. The second kappa shape index (κ2) is 10.2. The lowest BCUT2D eigenvalue weighted by Crippen LogP contribution is -2.51. The lowest BCUT2D eigenvalue weighted by molar-refractivity contribution is -0.132. The molecule has 0 N–H and O–H groups in total. The van der Waals surface area contributed by atoms with Crippen LogP contribution < -0.4 is 4.74 Å². The molecule has 1 aromatic carbocycles. The maximum absolute atomic E-state index is 12.7. The van der Waals surface area contributed by atoms with Crippen LogP contribution in [-0.2, 0) is 4.79 Å². The molecular weight excluding hydrogens is 330 g/mol. The number of hydrogen-bond donors (Lipinski definition) is 0. The summed E-state index contributed by atoms with van der Waals surface area (Å²) < 4.78 is 5.19.